The van der Waals surface area contributed by atoms with Gasteiger partial charge >= 0.3 is 0 Å². The molecule has 2 rings (SSSR count). The van der Waals surface area contributed by atoms with Crippen molar-refractivity contribution in [3.05, 3.63) is 35.9 Å². The zero-order valence-corrected chi connectivity index (χ0v) is 11.1. The van der Waals surface area contributed by atoms with Crippen molar-refractivity contribution < 1.29 is 0 Å². The van der Waals surface area contributed by atoms with E-state index in [4.69, 9.17) is 0 Å². The van der Waals surface area contributed by atoms with Gasteiger partial charge in [-0.15, -0.1) is 0 Å². The van der Waals surface area contributed by atoms with Crippen LogP contribution in [0.4, 0.5) is 5.13 Å². The lowest BCUT2D eigenvalue weighted by Gasteiger charge is -2.18. The van der Waals surface area contributed by atoms with Crippen LogP contribution in [-0.2, 0) is 6.42 Å². The number of hydrogen-bond donors (Lipinski definition) is 1. The molecule has 0 saturated heterocycles. The molecule has 90 valence electrons. The molecule has 4 nitrogen and oxygen atoms in total. The van der Waals surface area contributed by atoms with E-state index in [-0.39, 0.29) is 5.54 Å². The molecule has 5 heteroatoms. The summed E-state index contributed by atoms with van der Waals surface area (Å²) in [5, 5.41) is 4.20. The number of rotatable bonds is 3. The van der Waals surface area contributed by atoms with Crippen molar-refractivity contribution in [1.29, 1.82) is 0 Å². The molecule has 0 aliphatic rings. The fourth-order valence-electron chi connectivity index (χ4n) is 1.38. The number of hydrogen-bond acceptors (Lipinski definition) is 5. The van der Waals surface area contributed by atoms with Crippen LogP contribution in [0.1, 0.15) is 32.2 Å². The first kappa shape index (κ1) is 12.0. The molecule has 2 aromatic heterocycles. The number of pyridine rings is 1. The molecule has 0 atom stereocenters. The normalized spacial score (nSPS) is 11.5. The summed E-state index contributed by atoms with van der Waals surface area (Å²) in [6.07, 6.45) is 4.33. The first-order chi connectivity index (χ1) is 8.03. The SMILES string of the molecule is CC(C)(C)Nc1nc(Cc2ccncc2)ns1. The van der Waals surface area contributed by atoms with Crippen LogP contribution in [0.5, 0.6) is 0 Å². The third-order valence-corrected chi connectivity index (χ3v) is 2.73. The molecule has 0 unspecified atom stereocenters. The van der Waals surface area contributed by atoms with Crippen LogP contribution >= 0.6 is 11.5 Å². The van der Waals surface area contributed by atoms with Crippen LogP contribution in [0.25, 0.3) is 0 Å². The first-order valence-corrected chi connectivity index (χ1v) is 6.30. The number of anilines is 1. The Morgan fingerprint density at radius 1 is 1.24 bits per heavy atom. The average Bonchev–Trinajstić information content (AvgIpc) is 2.64. The van der Waals surface area contributed by atoms with Crippen molar-refractivity contribution in [3.63, 3.8) is 0 Å². The van der Waals surface area contributed by atoms with E-state index in [0.29, 0.717) is 0 Å². The maximum Gasteiger partial charge on any atom is 0.202 e. The van der Waals surface area contributed by atoms with Crippen LogP contribution in [-0.4, -0.2) is 19.9 Å². The third-order valence-electron chi connectivity index (χ3n) is 2.06. The highest BCUT2D eigenvalue weighted by Gasteiger charge is 2.12. The van der Waals surface area contributed by atoms with E-state index in [1.165, 1.54) is 17.1 Å². The average molecular weight is 248 g/mol. The highest BCUT2D eigenvalue weighted by Crippen LogP contribution is 2.18. The maximum atomic E-state index is 4.47. The van der Waals surface area contributed by atoms with Crippen molar-refractivity contribution in [1.82, 2.24) is 14.3 Å². The Hall–Kier alpha value is -1.49. The van der Waals surface area contributed by atoms with Gasteiger partial charge in [0.1, 0.15) is 5.82 Å². The largest absolute Gasteiger partial charge is 0.356 e. The van der Waals surface area contributed by atoms with E-state index in [2.05, 4.69) is 40.4 Å². The van der Waals surface area contributed by atoms with Crippen molar-refractivity contribution in [2.75, 3.05) is 5.32 Å². The van der Waals surface area contributed by atoms with Crippen molar-refractivity contribution in [2.45, 2.75) is 32.7 Å². The highest BCUT2D eigenvalue weighted by atomic mass is 32.1. The molecule has 0 bridgehead atoms. The van der Waals surface area contributed by atoms with E-state index in [1.807, 2.05) is 12.1 Å². The summed E-state index contributed by atoms with van der Waals surface area (Å²) >= 11 is 1.41. The second-order valence-corrected chi connectivity index (χ2v) is 5.67. The number of aromatic nitrogens is 3. The third kappa shape index (κ3) is 3.78. The van der Waals surface area contributed by atoms with Crippen LogP contribution in [0.3, 0.4) is 0 Å². The van der Waals surface area contributed by atoms with Gasteiger partial charge < -0.3 is 5.32 Å². The molecule has 2 heterocycles. The number of nitrogens with zero attached hydrogens (tertiary/aromatic N) is 3. The molecule has 0 aliphatic carbocycles. The van der Waals surface area contributed by atoms with E-state index < -0.39 is 0 Å². The Labute approximate surface area is 105 Å². The quantitative estimate of drug-likeness (QED) is 0.907. The lowest BCUT2D eigenvalue weighted by atomic mass is 10.1. The summed E-state index contributed by atoms with van der Waals surface area (Å²) in [6, 6.07) is 3.97. The Kier molecular flexibility index (Phi) is 3.38. The van der Waals surface area contributed by atoms with Gasteiger partial charge in [0.15, 0.2) is 0 Å². The highest BCUT2D eigenvalue weighted by molar-refractivity contribution is 7.09. The Bertz CT molecular complexity index is 473. The standard InChI is InChI=1S/C12H16N4S/c1-12(2,3)15-11-14-10(16-17-11)8-9-4-6-13-7-5-9/h4-7H,8H2,1-3H3,(H,14,15,16). The molecular formula is C12H16N4S. The molecule has 0 fully saturated rings. The summed E-state index contributed by atoms with van der Waals surface area (Å²) in [4.78, 5) is 8.46. The fourth-order valence-corrected chi connectivity index (χ4v) is 2.18. The Morgan fingerprint density at radius 3 is 2.59 bits per heavy atom. The predicted octanol–water partition coefficient (Wildman–Crippen LogP) is 2.73. The lowest BCUT2D eigenvalue weighted by Crippen LogP contribution is -2.25. The first-order valence-electron chi connectivity index (χ1n) is 5.53. The van der Waals surface area contributed by atoms with Gasteiger partial charge in [0.2, 0.25) is 5.13 Å². The summed E-state index contributed by atoms with van der Waals surface area (Å²) < 4.78 is 4.34. The second-order valence-electron chi connectivity index (χ2n) is 4.92. The van der Waals surface area contributed by atoms with Gasteiger partial charge in [0.05, 0.1) is 0 Å². The monoisotopic (exact) mass is 248 g/mol. The zero-order valence-electron chi connectivity index (χ0n) is 10.3. The molecule has 0 aromatic carbocycles. The molecule has 0 amide bonds. The smallest absolute Gasteiger partial charge is 0.202 e. The summed E-state index contributed by atoms with van der Waals surface area (Å²) in [6.45, 7) is 6.32. The van der Waals surface area contributed by atoms with Gasteiger partial charge in [-0.2, -0.15) is 4.37 Å². The molecule has 0 radical (unpaired) electrons. The minimum atomic E-state index is 0.0213. The summed E-state index contributed by atoms with van der Waals surface area (Å²) in [5.41, 5.74) is 1.20. The summed E-state index contributed by atoms with van der Waals surface area (Å²) in [5.74, 6) is 0.855. The van der Waals surface area contributed by atoms with E-state index in [0.717, 1.165) is 17.4 Å². The molecular weight excluding hydrogens is 232 g/mol. The van der Waals surface area contributed by atoms with Gasteiger partial charge in [-0.05, 0) is 38.5 Å². The Morgan fingerprint density at radius 2 is 1.94 bits per heavy atom. The maximum absolute atomic E-state index is 4.47. The van der Waals surface area contributed by atoms with Crippen LogP contribution in [0, 0.1) is 0 Å². The fraction of sp³-hybridized carbons (Fsp3) is 0.417. The van der Waals surface area contributed by atoms with Crippen molar-refractivity contribution in [2.24, 2.45) is 0 Å². The second kappa shape index (κ2) is 4.79. The van der Waals surface area contributed by atoms with Crippen LogP contribution in [0.2, 0.25) is 0 Å². The van der Waals surface area contributed by atoms with Crippen LogP contribution in [0.15, 0.2) is 24.5 Å². The Balaban J connectivity index is 2.04. The van der Waals surface area contributed by atoms with E-state index in [1.54, 1.807) is 12.4 Å². The van der Waals surface area contributed by atoms with Gasteiger partial charge in [0, 0.05) is 35.9 Å². The van der Waals surface area contributed by atoms with Gasteiger partial charge in [-0.25, -0.2) is 4.98 Å². The lowest BCUT2D eigenvalue weighted by molar-refractivity contribution is 0.633. The van der Waals surface area contributed by atoms with Gasteiger partial charge in [-0.1, -0.05) is 0 Å². The minimum Gasteiger partial charge on any atom is -0.356 e. The molecule has 1 N–H and O–H groups in total. The summed E-state index contributed by atoms with van der Waals surface area (Å²) in [7, 11) is 0. The zero-order chi connectivity index (χ0) is 12.3. The molecule has 0 spiro atoms. The minimum absolute atomic E-state index is 0.0213. The number of nitrogens with one attached hydrogen (secondary N) is 1. The molecule has 2 aromatic rings. The van der Waals surface area contributed by atoms with Gasteiger partial charge in [0.25, 0.3) is 0 Å². The van der Waals surface area contributed by atoms with Crippen molar-refractivity contribution >= 4 is 16.7 Å². The molecule has 17 heavy (non-hydrogen) atoms. The van der Waals surface area contributed by atoms with Crippen LogP contribution < -0.4 is 5.32 Å². The van der Waals surface area contributed by atoms with Crippen molar-refractivity contribution in [3.8, 4) is 0 Å². The van der Waals surface area contributed by atoms with Gasteiger partial charge in [-0.3, -0.25) is 4.98 Å². The molecule has 0 saturated carbocycles. The topological polar surface area (TPSA) is 50.7 Å². The van der Waals surface area contributed by atoms with E-state index >= 15 is 0 Å². The predicted molar refractivity (Wildman–Crippen MR) is 70.3 cm³/mol. The van der Waals surface area contributed by atoms with E-state index in [9.17, 15) is 0 Å². The molecule has 0 aliphatic heterocycles.